The van der Waals surface area contributed by atoms with Crippen LogP contribution in [-0.4, -0.2) is 15.0 Å². The zero-order valence-electron chi connectivity index (χ0n) is 8.31. The first kappa shape index (κ1) is 9.79. The summed E-state index contributed by atoms with van der Waals surface area (Å²) in [5.74, 6) is -0.297. The molecule has 2 N–H and O–H groups in total. The minimum Gasteiger partial charge on any atom is -0.325 e. The van der Waals surface area contributed by atoms with Gasteiger partial charge in [-0.25, -0.2) is 9.07 Å². The van der Waals surface area contributed by atoms with Crippen molar-refractivity contribution in [1.82, 2.24) is 15.0 Å². The maximum absolute atomic E-state index is 13.1. The van der Waals surface area contributed by atoms with Crippen LogP contribution >= 0.6 is 0 Å². The molecule has 0 aliphatic carbocycles. The summed E-state index contributed by atoms with van der Waals surface area (Å²) in [4.78, 5) is 0. The molecule has 1 aromatic heterocycles. The summed E-state index contributed by atoms with van der Waals surface area (Å²) >= 11 is 0. The topological polar surface area (TPSA) is 56.7 Å². The number of hydrogen-bond donors (Lipinski definition) is 1. The van der Waals surface area contributed by atoms with Gasteiger partial charge in [0.05, 0.1) is 17.6 Å². The highest BCUT2D eigenvalue weighted by Gasteiger charge is 2.08. The predicted octanol–water partition coefficient (Wildman–Crippen LogP) is 1.17. The Morgan fingerprint density at radius 3 is 3.00 bits per heavy atom. The van der Waals surface area contributed by atoms with E-state index in [1.54, 1.807) is 16.9 Å². The first-order valence-electron chi connectivity index (χ1n) is 4.58. The van der Waals surface area contributed by atoms with Gasteiger partial charge in [0.25, 0.3) is 0 Å². The lowest BCUT2D eigenvalue weighted by Crippen LogP contribution is -2.08. The second-order valence-corrected chi connectivity index (χ2v) is 3.27. The van der Waals surface area contributed by atoms with Crippen molar-refractivity contribution in [1.29, 1.82) is 0 Å². The van der Waals surface area contributed by atoms with Gasteiger partial charge in [0.2, 0.25) is 0 Å². The van der Waals surface area contributed by atoms with Crippen LogP contribution in [0.2, 0.25) is 0 Å². The molecule has 15 heavy (non-hydrogen) atoms. The summed E-state index contributed by atoms with van der Waals surface area (Å²) in [6, 6.07) is 4.54. The Kier molecular flexibility index (Phi) is 2.47. The Morgan fingerprint density at radius 2 is 2.27 bits per heavy atom. The number of nitrogens with zero attached hydrogens (tertiary/aromatic N) is 3. The standard InChI is InChI=1S/C10H11FN4/c1-7-2-3-8(11)4-10(7)15-9(5-12)6-13-14-15/h2-4,6H,5,12H2,1H3. The van der Waals surface area contributed by atoms with E-state index in [9.17, 15) is 4.39 Å². The molecule has 0 saturated heterocycles. The Bertz CT molecular complexity index is 478. The molecule has 5 heteroatoms. The van der Waals surface area contributed by atoms with Gasteiger partial charge in [-0.3, -0.25) is 0 Å². The summed E-state index contributed by atoms with van der Waals surface area (Å²) in [6.45, 7) is 2.21. The van der Waals surface area contributed by atoms with Crippen molar-refractivity contribution in [3.8, 4) is 5.69 Å². The summed E-state index contributed by atoms with van der Waals surface area (Å²) in [7, 11) is 0. The predicted molar refractivity (Wildman–Crippen MR) is 53.9 cm³/mol. The van der Waals surface area contributed by atoms with Crippen LogP contribution in [0.15, 0.2) is 24.4 Å². The van der Waals surface area contributed by atoms with Crippen molar-refractivity contribution >= 4 is 0 Å². The fourth-order valence-corrected chi connectivity index (χ4v) is 1.41. The third-order valence-corrected chi connectivity index (χ3v) is 2.23. The van der Waals surface area contributed by atoms with Crippen LogP contribution in [-0.2, 0) is 6.54 Å². The van der Waals surface area contributed by atoms with E-state index in [0.717, 1.165) is 11.3 Å². The summed E-state index contributed by atoms with van der Waals surface area (Å²) in [5, 5.41) is 7.63. The highest BCUT2D eigenvalue weighted by atomic mass is 19.1. The van der Waals surface area contributed by atoms with Gasteiger partial charge in [0, 0.05) is 6.54 Å². The van der Waals surface area contributed by atoms with Crippen LogP contribution in [0.5, 0.6) is 0 Å². The zero-order chi connectivity index (χ0) is 10.8. The van der Waals surface area contributed by atoms with Gasteiger partial charge in [-0.05, 0) is 24.6 Å². The van der Waals surface area contributed by atoms with Crippen molar-refractivity contribution in [2.24, 2.45) is 5.73 Å². The van der Waals surface area contributed by atoms with E-state index in [-0.39, 0.29) is 5.82 Å². The molecule has 0 atom stereocenters. The number of aryl methyl sites for hydroxylation is 1. The van der Waals surface area contributed by atoms with E-state index in [1.807, 2.05) is 6.92 Å². The smallest absolute Gasteiger partial charge is 0.125 e. The summed E-state index contributed by atoms with van der Waals surface area (Å²) in [5.41, 5.74) is 7.88. The van der Waals surface area contributed by atoms with Crippen molar-refractivity contribution in [2.75, 3.05) is 0 Å². The molecular weight excluding hydrogens is 195 g/mol. The van der Waals surface area contributed by atoms with Gasteiger partial charge in [-0.2, -0.15) is 0 Å². The number of benzene rings is 1. The minimum atomic E-state index is -0.297. The molecule has 0 saturated carbocycles. The van der Waals surface area contributed by atoms with Crippen LogP contribution in [0.3, 0.4) is 0 Å². The molecule has 0 spiro atoms. The van der Waals surface area contributed by atoms with E-state index in [1.165, 1.54) is 12.1 Å². The third-order valence-electron chi connectivity index (χ3n) is 2.23. The Hall–Kier alpha value is -1.75. The molecule has 0 unspecified atom stereocenters. The lowest BCUT2D eigenvalue weighted by molar-refractivity contribution is 0.623. The lowest BCUT2D eigenvalue weighted by atomic mass is 10.2. The maximum Gasteiger partial charge on any atom is 0.125 e. The second-order valence-electron chi connectivity index (χ2n) is 3.27. The molecule has 78 valence electrons. The molecule has 2 aromatic rings. The Balaban J connectivity index is 2.58. The fourth-order valence-electron chi connectivity index (χ4n) is 1.41. The van der Waals surface area contributed by atoms with Gasteiger partial charge in [-0.15, -0.1) is 5.10 Å². The second kappa shape index (κ2) is 3.78. The average Bonchev–Trinajstić information content (AvgIpc) is 2.69. The van der Waals surface area contributed by atoms with Crippen LogP contribution in [0.1, 0.15) is 11.3 Å². The van der Waals surface area contributed by atoms with Gasteiger partial charge in [0.15, 0.2) is 0 Å². The van der Waals surface area contributed by atoms with Crippen molar-refractivity contribution < 1.29 is 4.39 Å². The van der Waals surface area contributed by atoms with Crippen LogP contribution < -0.4 is 5.73 Å². The molecule has 0 radical (unpaired) electrons. The van der Waals surface area contributed by atoms with Crippen molar-refractivity contribution in [3.63, 3.8) is 0 Å². The van der Waals surface area contributed by atoms with Crippen LogP contribution in [0, 0.1) is 12.7 Å². The van der Waals surface area contributed by atoms with E-state index >= 15 is 0 Å². The van der Waals surface area contributed by atoms with Crippen LogP contribution in [0.4, 0.5) is 4.39 Å². The first-order valence-corrected chi connectivity index (χ1v) is 4.58. The summed E-state index contributed by atoms with van der Waals surface area (Å²) < 4.78 is 14.6. The van der Waals surface area contributed by atoms with Gasteiger partial charge in [-0.1, -0.05) is 11.3 Å². The van der Waals surface area contributed by atoms with E-state index in [0.29, 0.717) is 12.2 Å². The van der Waals surface area contributed by atoms with Crippen molar-refractivity contribution in [2.45, 2.75) is 13.5 Å². The Morgan fingerprint density at radius 1 is 1.47 bits per heavy atom. The lowest BCUT2D eigenvalue weighted by Gasteiger charge is -2.07. The molecule has 0 fully saturated rings. The monoisotopic (exact) mass is 206 g/mol. The highest BCUT2D eigenvalue weighted by Crippen LogP contribution is 2.15. The van der Waals surface area contributed by atoms with Crippen molar-refractivity contribution in [3.05, 3.63) is 41.5 Å². The number of aromatic nitrogens is 3. The molecule has 4 nitrogen and oxygen atoms in total. The molecule has 0 bridgehead atoms. The Labute approximate surface area is 86.5 Å². The zero-order valence-corrected chi connectivity index (χ0v) is 8.31. The largest absolute Gasteiger partial charge is 0.325 e. The molecular formula is C10H11FN4. The molecule has 0 amide bonds. The van der Waals surface area contributed by atoms with Gasteiger partial charge < -0.3 is 5.73 Å². The summed E-state index contributed by atoms with van der Waals surface area (Å²) in [6.07, 6.45) is 1.57. The average molecular weight is 206 g/mol. The normalized spacial score (nSPS) is 10.6. The third kappa shape index (κ3) is 1.73. The molecule has 2 rings (SSSR count). The molecule has 1 aromatic carbocycles. The highest BCUT2D eigenvalue weighted by molar-refractivity contribution is 5.40. The molecule has 1 heterocycles. The minimum absolute atomic E-state index is 0.297. The van der Waals surface area contributed by atoms with Gasteiger partial charge >= 0.3 is 0 Å². The van der Waals surface area contributed by atoms with E-state index in [2.05, 4.69) is 10.3 Å². The van der Waals surface area contributed by atoms with Crippen LogP contribution in [0.25, 0.3) is 5.69 Å². The molecule has 0 aliphatic rings. The van der Waals surface area contributed by atoms with E-state index in [4.69, 9.17) is 5.73 Å². The fraction of sp³-hybridized carbons (Fsp3) is 0.200. The quantitative estimate of drug-likeness (QED) is 0.802. The number of nitrogens with two attached hydrogens (primary N) is 1. The number of hydrogen-bond acceptors (Lipinski definition) is 3. The first-order chi connectivity index (χ1) is 7.22. The number of halogens is 1. The van der Waals surface area contributed by atoms with E-state index < -0.39 is 0 Å². The number of rotatable bonds is 2. The SMILES string of the molecule is Cc1ccc(F)cc1-n1nncc1CN. The van der Waals surface area contributed by atoms with Gasteiger partial charge in [0.1, 0.15) is 5.82 Å². The molecule has 0 aliphatic heterocycles. The maximum atomic E-state index is 13.1.